The van der Waals surface area contributed by atoms with Crippen LogP contribution in [0, 0.1) is 5.82 Å². The minimum absolute atomic E-state index is 0.0585. The number of H-pyrrole nitrogens is 1. The molecule has 3 aromatic rings. The fourth-order valence-electron chi connectivity index (χ4n) is 2.65. The molecule has 0 aliphatic rings. The van der Waals surface area contributed by atoms with Gasteiger partial charge in [-0.15, -0.1) is 0 Å². The first-order valence-corrected chi connectivity index (χ1v) is 9.66. The Bertz CT molecular complexity index is 1110. The van der Waals surface area contributed by atoms with E-state index in [4.69, 9.17) is 16.7 Å². The van der Waals surface area contributed by atoms with Crippen molar-refractivity contribution in [2.75, 3.05) is 13.1 Å². The number of hydrogen-bond acceptors (Lipinski definition) is 3. The summed E-state index contributed by atoms with van der Waals surface area (Å²) in [7, 11) is -3.89. The largest absolute Gasteiger partial charge is 0.465 e. The van der Waals surface area contributed by atoms with Gasteiger partial charge in [-0.1, -0.05) is 11.6 Å². The van der Waals surface area contributed by atoms with Crippen molar-refractivity contribution in [2.24, 2.45) is 0 Å². The average molecular weight is 412 g/mol. The third kappa shape index (κ3) is 4.38. The van der Waals surface area contributed by atoms with Crippen LogP contribution in [0.4, 0.5) is 9.18 Å². The van der Waals surface area contributed by atoms with Gasteiger partial charge in [0.05, 0.1) is 4.90 Å². The molecule has 4 N–H and O–H groups in total. The highest BCUT2D eigenvalue weighted by atomic mass is 35.5. The predicted molar refractivity (Wildman–Crippen MR) is 99.9 cm³/mol. The molecule has 3 rings (SSSR count). The van der Waals surface area contributed by atoms with E-state index in [2.05, 4.69) is 15.0 Å². The fourth-order valence-corrected chi connectivity index (χ4v) is 4.05. The van der Waals surface area contributed by atoms with Crippen LogP contribution in [0.5, 0.6) is 0 Å². The number of hydrogen-bond donors (Lipinski definition) is 4. The SMILES string of the molecule is O=C(O)NCCNS(=O)(=O)c1cc(Cl)cc(-c2c[nH]c3cc(F)ccc23)c1. The van der Waals surface area contributed by atoms with Crippen LogP contribution < -0.4 is 10.0 Å². The number of carboxylic acid groups (broad SMARTS) is 1. The van der Waals surface area contributed by atoms with Crippen LogP contribution in [0.3, 0.4) is 0 Å². The molecular weight excluding hydrogens is 397 g/mol. The van der Waals surface area contributed by atoms with E-state index >= 15 is 0 Å². The zero-order valence-electron chi connectivity index (χ0n) is 13.8. The molecular formula is C17H15ClFN3O4S. The summed E-state index contributed by atoms with van der Waals surface area (Å²) in [5, 5.41) is 11.5. The van der Waals surface area contributed by atoms with Crippen LogP contribution in [-0.4, -0.2) is 37.7 Å². The molecule has 142 valence electrons. The van der Waals surface area contributed by atoms with Crippen molar-refractivity contribution in [1.29, 1.82) is 0 Å². The summed E-state index contributed by atoms with van der Waals surface area (Å²) in [5.41, 5.74) is 1.80. The van der Waals surface area contributed by atoms with Gasteiger partial charge in [-0.05, 0) is 42.0 Å². The Morgan fingerprint density at radius 1 is 1.19 bits per heavy atom. The number of fused-ring (bicyclic) bond motifs is 1. The zero-order valence-corrected chi connectivity index (χ0v) is 15.4. The van der Waals surface area contributed by atoms with Crippen LogP contribution in [0.2, 0.25) is 5.02 Å². The van der Waals surface area contributed by atoms with Crippen molar-refractivity contribution in [3.8, 4) is 11.1 Å². The second-order valence-electron chi connectivity index (χ2n) is 5.70. The van der Waals surface area contributed by atoms with Crippen LogP contribution in [0.1, 0.15) is 0 Å². The molecule has 1 heterocycles. The number of amides is 1. The minimum Gasteiger partial charge on any atom is -0.465 e. The molecule has 10 heteroatoms. The maximum Gasteiger partial charge on any atom is 0.404 e. The molecule has 0 aliphatic heterocycles. The summed E-state index contributed by atoms with van der Waals surface area (Å²) in [6.07, 6.45) is 0.408. The number of aromatic nitrogens is 1. The van der Waals surface area contributed by atoms with Crippen molar-refractivity contribution in [2.45, 2.75) is 4.90 Å². The van der Waals surface area contributed by atoms with Crippen molar-refractivity contribution < 1.29 is 22.7 Å². The number of halogens is 2. The average Bonchev–Trinajstić information content (AvgIpc) is 3.01. The van der Waals surface area contributed by atoms with Gasteiger partial charge in [0.15, 0.2) is 0 Å². The lowest BCUT2D eigenvalue weighted by atomic mass is 10.0. The first-order chi connectivity index (χ1) is 12.8. The smallest absolute Gasteiger partial charge is 0.404 e. The van der Waals surface area contributed by atoms with E-state index in [0.29, 0.717) is 16.6 Å². The zero-order chi connectivity index (χ0) is 19.6. The predicted octanol–water partition coefficient (Wildman–Crippen LogP) is 3.17. The quantitative estimate of drug-likeness (QED) is 0.467. The summed E-state index contributed by atoms with van der Waals surface area (Å²) in [5.74, 6) is -0.385. The molecule has 0 radical (unpaired) electrons. The number of aromatic amines is 1. The Kier molecular flexibility index (Phi) is 5.36. The number of carbonyl (C=O) groups is 1. The van der Waals surface area contributed by atoms with Gasteiger partial charge in [-0.3, -0.25) is 0 Å². The van der Waals surface area contributed by atoms with Crippen LogP contribution in [0.15, 0.2) is 47.5 Å². The minimum atomic E-state index is -3.89. The molecule has 27 heavy (non-hydrogen) atoms. The first-order valence-electron chi connectivity index (χ1n) is 7.80. The lowest BCUT2D eigenvalue weighted by Gasteiger charge is -2.09. The summed E-state index contributed by atoms with van der Waals surface area (Å²) in [6, 6.07) is 8.62. The van der Waals surface area contributed by atoms with E-state index in [0.717, 1.165) is 5.39 Å². The molecule has 1 aromatic heterocycles. The second-order valence-corrected chi connectivity index (χ2v) is 7.90. The summed E-state index contributed by atoms with van der Waals surface area (Å²) < 4.78 is 40.6. The molecule has 1 amide bonds. The highest BCUT2D eigenvalue weighted by molar-refractivity contribution is 7.89. The van der Waals surface area contributed by atoms with E-state index in [1.807, 2.05) is 0 Å². The number of benzene rings is 2. The van der Waals surface area contributed by atoms with E-state index < -0.39 is 16.1 Å². The summed E-state index contributed by atoms with van der Waals surface area (Å²) in [6.45, 7) is -0.182. The van der Waals surface area contributed by atoms with E-state index in [9.17, 15) is 17.6 Å². The van der Waals surface area contributed by atoms with Gasteiger partial charge in [-0.25, -0.2) is 22.3 Å². The maximum atomic E-state index is 13.4. The number of sulfonamides is 1. The van der Waals surface area contributed by atoms with E-state index in [-0.39, 0.29) is 28.8 Å². The molecule has 0 unspecified atom stereocenters. The molecule has 0 atom stereocenters. The van der Waals surface area contributed by atoms with Crippen LogP contribution in [0.25, 0.3) is 22.0 Å². The van der Waals surface area contributed by atoms with Gasteiger partial charge < -0.3 is 15.4 Å². The van der Waals surface area contributed by atoms with Gasteiger partial charge in [0.25, 0.3) is 0 Å². The molecule has 0 saturated heterocycles. The molecule has 0 aliphatic carbocycles. The molecule has 0 spiro atoms. The lowest BCUT2D eigenvalue weighted by Crippen LogP contribution is -2.34. The highest BCUT2D eigenvalue weighted by Gasteiger charge is 2.17. The molecule has 2 aromatic carbocycles. The second kappa shape index (κ2) is 7.55. The van der Waals surface area contributed by atoms with E-state index in [1.165, 1.54) is 24.3 Å². The standard InChI is InChI=1S/C17H15ClFN3O4S/c18-11-5-10(15-9-21-16-8-12(19)1-2-14(15)16)6-13(7-11)27(25,26)22-4-3-20-17(23)24/h1-2,5-9,20-22H,3-4H2,(H,23,24). The summed E-state index contributed by atoms with van der Waals surface area (Å²) >= 11 is 6.10. The van der Waals surface area contributed by atoms with Crippen LogP contribution in [-0.2, 0) is 10.0 Å². The third-order valence-corrected chi connectivity index (χ3v) is 5.49. The number of rotatable bonds is 6. The Morgan fingerprint density at radius 3 is 2.70 bits per heavy atom. The van der Waals surface area contributed by atoms with Crippen molar-refractivity contribution in [1.82, 2.24) is 15.0 Å². The van der Waals surface area contributed by atoms with Crippen molar-refractivity contribution in [3.63, 3.8) is 0 Å². The first kappa shape index (κ1) is 19.2. The van der Waals surface area contributed by atoms with Gasteiger partial charge in [0.1, 0.15) is 5.82 Å². The summed E-state index contributed by atoms with van der Waals surface area (Å²) in [4.78, 5) is 13.3. The van der Waals surface area contributed by atoms with Gasteiger partial charge in [-0.2, -0.15) is 0 Å². The van der Waals surface area contributed by atoms with Crippen molar-refractivity contribution >= 4 is 38.6 Å². The molecule has 0 fully saturated rings. The van der Waals surface area contributed by atoms with Gasteiger partial charge in [0, 0.05) is 40.8 Å². The van der Waals surface area contributed by atoms with E-state index in [1.54, 1.807) is 18.3 Å². The highest BCUT2D eigenvalue weighted by Crippen LogP contribution is 2.32. The Hall–Kier alpha value is -2.62. The topological polar surface area (TPSA) is 111 Å². The third-order valence-electron chi connectivity index (χ3n) is 3.83. The van der Waals surface area contributed by atoms with Crippen molar-refractivity contribution in [3.05, 3.63) is 53.4 Å². The fraction of sp³-hybridized carbons (Fsp3) is 0.118. The molecule has 0 saturated carbocycles. The van der Waals surface area contributed by atoms with Gasteiger partial charge in [0.2, 0.25) is 10.0 Å². The van der Waals surface area contributed by atoms with Crippen LogP contribution >= 0.6 is 11.6 Å². The molecule has 7 nitrogen and oxygen atoms in total. The monoisotopic (exact) mass is 411 g/mol. The molecule has 0 bridgehead atoms. The Morgan fingerprint density at radius 2 is 1.96 bits per heavy atom. The lowest BCUT2D eigenvalue weighted by molar-refractivity contribution is 0.194. The normalized spacial score (nSPS) is 11.6. The van der Waals surface area contributed by atoms with Gasteiger partial charge >= 0.3 is 6.09 Å². The Labute approximate surface area is 159 Å². The number of nitrogens with one attached hydrogen (secondary N) is 3. The Balaban J connectivity index is 1.93. The maximum absolute atomic E-state index is 13.4.